The molecule has 0 radical (unpaired) electrons. The number of aromatic nitrogens is 1. The predicted octanol–water partition coefficient (Wildman–Crippen LogP) is 4.31. The number of carbonyl (C=O) groups is 1. The highest BCUT2D eigenvalue weighted by atomic mass is 35.5. The summed E-state index contributed by atoms with van der Waals surface area (Å²) in [7, 11) is 0. The second kappa shape index (κ2) is 9.93. The number of pyridine rings is 1. The van der Waals surface area contributed by atoms with Gasteiger partial charge in [0.25, 0.3) is 5.91 Å². The van der Waals surface area contributed by atoms with Crippen molar-refractivity contribution in [2.24, 2.45) is 0 Å². The summed E-state index contributed by atoms with van der Waals surface area (Å²) in [5.41, 5.74) is 2.60. The van der Waals surface area contributed by atoms with Gasteiger partial charge < -0.3 is 10.6 Å². The van der Waals surface area contributed by atoms with Gasteiger partial charge in [0.15, 0.2) is 0 Å². The highest BCUT2D eigenvalue weighted by Crippen LogP contribution is 2.11. The Morgan fingerprint density at radius 2 is 1.92 bits per heavy atom. The molecule has 24 heavy (non-hydrogen) atoms. The van der Waals surface area contributed by atoms with E-state index in [2.05, 4.69) is 22.5 Å². The van der Waals surface area contributed by atoms with Crippen molar-refractivity contribution in [3.8, 4) is 0 Å². The van der Waals surface area contributed by atoms with Crippen LogP contribution in [-0.2, 0) is 6.42 Å². The Morgan fingerprint density at radius 3 is 2.67 bits per heavy atom. The van der Waals surface area contributed by atoms with E-state index in [1.165, 1.54) is 12.8 Å². The van der Waals surface area contributed by atoms with Crippen molar-refractivity contribution in [2.75, 3.05) is 18.4 Å². The number of rotatable bonds is 9. The lowest BCUT2D eigenvalue weighted by Gasteiger charge is -2.08. The Hall–Kier alpha value is -2.07. The van der Waals surface area contributed by atoms with Gasteiger partial charge in [0.05, 0.1) is 11.3 Å². The van der Waals surface area contributed by atoms with Gasteiger partial charge >= 0.3 is 0 Å². The molecule has 1 aromatic carbocycles. The third-order valence-corrected chi connectivity index (χ3v) is 3.97. The number of hydrogen-bond acceptors (Lipinski definition) is 3. The lowest BCUT2D eigenvalue weighted by atomic mass is 10.1. The standard InChI is InChI=1S/C19H24ClN3O/c1-2-3-4-10-22-18-12-16(13-21-14-18)19(24)23-11-9-15-5-7-17(20)8-6-15/h5-8,12-14,22H,2-4,9-11H2,1H3,(H,23,24). The molecule has 0 aliphatic rings. The minimum absolute atomic E-state index is 0.103. The first kappa shape index (κ1) is 18.3. The van der Waals surface area contributed by atoms with Crippen molar-refractivity contribution in [3.63, 3.8) is 0 Å². The van der Waals surface area contributed by atoms with Crippen LogP contribution in [0.15, 0.2) is 42.7 Å². The lowest BCUT2D eigenvalue weighted by Crippen LogP contribution is -2.25. The quantitative estimate of drug-likeness (QED) is 0.666. The molecule has 0 atom stereocenters. The van der Waals surface area contributed by atoms with E-state index in [1.807, 2.05) is 30.3 Å². The molecule has 0 saturated heterocycles. The van der Waals surface area contributed by atoms with Crippen molar-refractivity contribution >= 4 is 23.2 Å². The van der Waals surface area contributed by atoms with Crippen LogP contribution in [0.4, 0.5) is 5.69 Å². The van der Waals surface area contributed by atoms with E-state index in [1.54, 1.807) is 12.4 Å². The van der Waals surface area contributed by atoms with Gasteiger partial charge in [-0.25, -0.2) is 0 Å². The summed E-state index contributed by atoms with van der Waals surface area (Å²) in [5.74, 6) is -0.103. The molecule has 4 nitrogen and oxygen atoms in total. The van der Waals surface area contributed by atoms with Gasteiger partial charge in [0.1, 0.15) is 0 Å². The number of unbranched alkanes of at least 4 members (excludes halogenated alkanes) is 2. The molecule has 128 valence electrons. The largest absolute Gasteiger partial charge is 0.384 e. The monoisotopic (exact) mass is 345 g/mol. The maximum atomic E-state index is 12.2. The van der Waals surface area contributed by atoms with E-state index in [0.717, 1.165) is 35.7 Å². The topological polar surface area (TPSA) is 54.0 Å². The highest BCUT2D eigenvalue weighted by Gasteiger charge is 2.06. The van der Waals surface area contributed by atoms with Gasteiger partial charge in [-0.15, -0.1) is 0 Å². The van der Waals surface area contributed by atoms with Gasteiger partial charge in [-0.2, -0.15) is 0 Å². The number of benzene rings is 1. The molecule has 0 bridgehead atoms. The first-order valence-electron chi connectivity index (χ1n) is 8.40. The third-order valence-electron chi connectivity index (χ3n) is 3.72. The van der Waals surface area contributed by atoms with Crippen LogP contribution in [0, 0.1) is 0 Å². The highest BCUT2D eigenvalue weighted by molar-refractivity contribution is 6.30. The number of halogens is 1. The van der Waals surface area contributed by atoms with Crippen LogP contribution >= 0.6 is 11.6 Å². The zero-order valence-corrected chi connectivity index (χ0v) is 14.8. The summed E-state index contributed by atoms with van der Waals surface area (Å²) in [5, 5.41) is 6.95. The van der Waals surface area contributed by atoms with Crippen LogP contribution in [0.1, 0.15) is 42.1 Å². The fourth-order valence-corrected chi connectivity index (χ4v) is 2.47. The predicted molar refractivity (Wildman–Crippen MR) is 99.7 cm³/mol. The molecule has 0 fully saturated rings. The molecule has 1 aromatic heterocycles. The first-order valence-corrected chi connectivity index (χ1v) is 8.78. The van der Waals surface area contributed by atoms with Gasteiger partial charge in [-0.05, 0) is 36.6 Å². The van der Waals surface area contributed by atoms with E-state index >= 15 is 0 Å². The molecule has 0 aliphatic heterocycles. The summed E-state index contributed by atoms with van der Waals surface area (Å²) >= 11 is 5.86. The van der Waals surface area contributed by atoms with E-state index in [4.69, 9.17) is 11.6 Å². The van der Waals surface area contributed by atoms with Crippen molar-refractivity contribution < 1.29 is 4.79 Å². The van der Waals surface area contributed by atoms with E-state index in [-0.39, 0.29) is 5.91 Å². The minimum atomic E-state index is -0.103. The molecule has 0 spiro atoms. The van der Waals surface area contributed by atoms with Gasteiger partial charge in [0.2, 0.25) is 0 Å². The maximum Gasteiger partial charge on any atom is 0.252 e. The minimum Gasteiger partial charge on any atom is -0.384 e. The number of nitrogens with zero attached hydrogens (tertiary/aromatic N) is 1. The summed E-state index contributed by atoms with van der Waals surface area (Å²) < 4.78 is 0. The Kier molecular flexibility index (Phi) is 7.56. The van der Waals surface area contributed by atoms with E-state index in [9.17, 15) is 4.79 Å². The van der Waals surface area contributed by atoms with Gasteiger partial charge in [-0.3, -0.25) is 9.78 Å². The average Bonchev–Trinajstić information content (AvgIpc) is 2.61. The molecule has 2 aromatic rings. The van der Waals surface area contributed by atoms with Crippen LogP contribution in [0.3, 0.4) is 0 Å². The summed E-state index contributed by atoms with van der Waals surface area (Å²) in [6, 6.07) is 9.50. The Bertz CT molecular complexity index is 643. The summed E-state index contributed by atoms with van der Waals surface area (Å²) in [6.07, 6.45) is 7.62. The van der Waals surface area contributed by atoms with Crippen molar-refractivity contribution in [1.82, 2.24) is 10.3 Å². The molecular weight excluding hydrogens is 322 g/mol. The van der Waals surface area contributed by atoms with Crippen molar-refractivity contribution in [1.29, 1.82) is 0 Å². The lowest BCUT2D eigenvalue weighted by molar-refractivity contribution is 0.0954. The van der Waals surface area contributed by atoms with E-state index in [0.29, 0.717) is 12.1 Å². The number of anilines is 1. The number of carbonyl (C=O) groups excluding carboxylic acids is 1. The summed E-state index contributed by atoms with van der Waals surface area (Å²) in [4.78, 5) is 16.4. The number of hydrogen-bond donors (Lipinski definition) is 2. The Morgan fingerprint density at radius 1 is 1.12 bits per heavy atom. The molecule has 1 heterocycles. The molecule has 1 amide bonds. The second-order valence-electron chi connectivity index (χ2n) is 5.73. The Balaban J connectivity index is 1.80. The van der Waals surface area contributed by atoms with Crippen LogP contribution in [0.5, 0.6) is 0 Å². The van der Waals surface area contributed by atoms with Gasteiger partial charge in [0, 0.05) is 30.5 Å². The zero-order chi connectivity index (χ0) is 17.2. The maximum absolute atomic E-state index is 12.2. The van der Waals surface area contributed by atoms with E-state index < -0.39 is 0 Å². The zero-order valence-electron chi connectivity index (χ0n) is 14.0. The van der Waals surface area contributed by atoms with Crippen LogP contribution < -0.4 is 10.6 Å². The van der Waals surface area contributed by atoms with Crippen LogP contribution in [-0.4, -0.2) is 24.0 Å². The fraction of sp³-hybridized carbons (Fsp3) is 0.368. The average molecular weight is 346 g/mol. The first-order chi connectivity index (χ1) is 11.7. The second-order valence-corrected chi connectivity index (χ2v) is 6.16. The molecular formula is C19H24ClN3O. The molecule has 5 heteroatoms. The molecule has 2 rings (SSSR count). The third kappa shape index (κ3) is 6.20. The fourth-order valence-electron chi connectivity index (χ4n) is 2.34. The smallest absolute Gasteiger partial charge is 0.252 e. The normalized spacial score (nSPS) is 10.4. The van der Waals surface area contributed by atoms with Crippen molar-refractivity contribution in [2.45, 2.75) is 32.6 Å². The molecule has 0 unspecified atom stereocenters. The summed E-state index contributed by atoms with van der Waals surface area (Å²) in [6.45, 7) is 3.66. The molecule has 0 saturated carbocycles. The van der Waals surface area contributed by atoms with Crippen LogP contribution in [0.25, 0.3) is 0 Å². The number of amides is 1. The van der Waals surface area contributed by atoms with Gasteiger partial charge in [-0.1, -0.05) is 43.5 Å². The molecule has 2 N–H and O–H groups in total. The van der Waals surface area contributed by atoms with Crippen molar-refractivity contribution in [3.05, 3.63) is 58.9 Å². The molecule has 0 aliphatic carbocycles. The number of nitrogens with one attached hydrogen (secondary N) is 2. The van der Waals surface area contributed by atoms with Crippen LogP contribution in [0.2, 0.25) is 5.02 Å². The SMILES string of the molecule is CCCCCNc1cncc(C(=O)NCCc2ccc(Cl)cc2)c1. The Labute approximate surface area is 148 Å².